The Balaban J connectivity index is 1.63. The summed E-state index contributed by atoms with van der Waals surface area (Å²) >= 11 is 0. The van der Waals surface area contributed by atoms with Crippen LogP contribution in [0.2, 0.25) is 0 Å². The van der Waals surface area contributed by atoms with Crippen LogP contribution < -0.4 is 10.6 Å². The van der Waals surface area contributed by atoms with E-state index in [0.29, 0.717) is 11.5 Å². The molecule has 0 saturated carbocycles. The van der Waals surface area contributed by atoms with Crippen LogP contribution in [0.4, 0.5) is 0 Å². The molecule has 2 N–H and O–H groups in total. The van der Waals surface area contributed by atoms with Crippen molar-refractivity contribution in [3.8, 4) is 5.69 Å². The van der Waals surface area contributed by atoms with E-state index in [2.05, 4.69) is 15.7 Å². The fourth-order valence-electron chi connectivity index (χ4n) is 2.02. The number of aromatic nitrogens is 2. The molecule has 19 heavy (non-hydrogen) atoms. The minimum Gasteiger partial charge on any atom is -0.352 e. The lowest BCUT2D eigenvalue weighted by atomic mass is 10.0. The first kappa shape index (κ1) is 11.9. The molecule has 98 valence electrons. The number of amides is 1. The van der Waals surface area contributed by atoms with Crippen LogP contribution >= 0.6 is 0 Å². The maximum atomic E-state index is 11.9. The van der Waals surface area contributed by atoms with Crippen LogP contribution in [0.1, 0.15) is 10.4 Å². The molecular weight excluding hydrogens is 240 g/mol. The average Bonchev–Trinajstić information content (AvgIpc) is 2.91. The summed E-state index contributed by atoms with van der Waals surface area (Å²) in [4.78, 5) is 11.9. The van der Waals surface area contributed by atoms with Gasteiger partial charge in [-0.05, 0) is 30.3 Å². The maximum Gasteiger partial charge on any atom is 0.251 e. The molecule has 0 atom stereocenters. The second-order valence-corrected chi connectivity index (χ2v) is 4.73. The highest BCUT2D eigenvalue weighted by Gasteiger charge is 2.17. The van der Waals surface area contributed by atoms with Crippen LogP contribution in [-0.4, -0.2) is 35.3 Å². The molecule has 0 aliphatic carbocycles. The smallest absolute Gasteiger partial charge is 0.251 e. The molecule has 1 aromatic carbocycles. The van der Waals surface area contributed by atoms with E-state index in [1.165, 1.54) is 0 Å². The Morgan fingerprint density at radius 3 is 2.74 bits per heavy atom. The molecule has 0 radical (unpaired) electrons. The zero-order valence-corrected chi connectivity index (χ0v) is 10.5. The van der Waals surface area contributed by atoms with Crippen molar-refractivity contribution in [1.82, 2.24) is 20.4 Å². The van der Waals surface area contributed by atoms with Crippen molar-refractivity contribution < 1.29 is 4.79 Å². The number of carbonyl (C=O) groups excluding carboxylic acids is 1. The van der Waals surface area contributed by atoms with Gasteiger partial charge < -0.3 is 10.6 Å². The first-order chi connectivity index (χ1) is 9.33. The standard InChI is InChI=1S/C14H16N4O/c19-14(16-10-11-8-15-9-11)12-2-4-13(5-3-12)18-7-1-6-17-18/h1-7,11,15H,8-10H2,(H,16,19). The van der Waals surface area contributed by atoms with Gasteiger partial charge in [0.15, 0.2) is 0 Å². The van der Waals surface area contributed by atoms with E-state index in [-0.39, 0.29) is 5.91 Å². The van der Waals surface area contributed by atoms with Crippen LogP contribution in [0.25, 0.3) is 5.69 Å². The monoisotopic (exact) mass is 256 g/mol. The average molecular weight is 256 g/mol. The van der Waals surface area contributed by atoms with Crippen molar-refractivity contribution in [2.45, 2.75) is 0 Å². The number of rotatable bonds is 4. The first-order valence-electron chi connectivity index (χ1n) is 6.42. The molecule has 0 unspecified atom stereocenters. The predicted octanol–water partition coefficient (Wildman–Crippen LogP) is 0.821. The number of nitrogens with zero attached hydrogens (tertiary/aromatic N) is 2. The Hall–Kier alpha value is -2.14. The Bertz CT molecular complexity index is 543. The van der Waals surface area contributed by atoms with Gasteiger partial charge in [0.2, 0.25) is 0 Å². The molecule has 1 saturated heterocycles. The van der Waals surface area contributed by atoms with Gasteiger partial charge in [0, 0.05) is 43.5 Å². The van der Waals surface area contributed by atoms with E-state index < -0.39 is 0 Å². The van der Waals surface area contributed by atoms with Crippen LogP contribution in [0.15, 0.2) is 42.7 Å². The van der Waals surface area contributed by atoms with Crippen molar-refractivity contribution in [3.05, 3.63) is 48.3 Å². The van der Waals surface area contributed by atoms with Gasteiger partial charge in [-0.25, -0.2) is 4.68 Å². The first-order valence-corrected chi connectivity index (χ1v) is 6.42. The molecule has 2 heterocycles. The molecule has 5 nitrogen and oxygen atoms in total. The van der Waals surface area contributed by atoms with E-state index in [1.807, 2.05) is 36.5 Å². The zero-order chi connectivity index (χ0) is 13.1. The van der Waals surface area contributed by atoms with Crippen molar-refractivity contribution in [2.24, 2.45) is 5.92 Å². The minimum absolute atomic E-state index is 0.0149. The highest BCUT2D eigenvalue weighted by atomic mass is 16.1. The second kappa shape index (κ2) is 5.24. The maximum absolute atomic E-state index is 11.9. The van der Waals surface area contributed by atoms with Crippen molar-refractivity contribution in [2.75, 3.05) is 19.6 Å². The van der Waals surface area contributed by atoms with E-state index in [4.69, 9.17) is 0 Å². The summed E-state index contributed by atoms with van der Waals surface area (Å²) in [6.45, 7) is 2.74. The molecule has 1 aliphatic heterocycles. The van der Waals surface area contributed by atoms with Crippen molar-refractivity contribution in [3.63, 3.8) is 0 Å². The SMILES string of the molecule is O=C(NCC1CNC1)c1ccc(-n2cccn2)cc1. The molecule has 0 bridgehead atoms. The molecule has 1 fully saturated rings. The minimum atomic E-state index is -0.0149. The van der Waals surface area contributed by atoms with Gasteiger partial charge in [0.25, 0.3) is 5.91 Å². The number of hydrogen-bond acceptors (Lipinski definition) is 3. The summed E-state index contributed by atoms with van der Waals surface area (Å²) in [5.41, 5.74) is 1.63. The summed E-state index contributed by atoms with van der Waals surface area (Å²) in [7, 11) is 0. The lowest BCUT2D eigenvalue weighted by molar-refractivity contribution is 0.0942. The highest BCUT2D eigenvalue weighted by molar-refractivity contribution is 5.94. The van der Waals surface area contributed by atoms with Gasteiger partial charge in [-0.1, -0.05) is 0 Å². The fraction of sp³-hybridized carbons (Fsp3) is 0.286. The third-order valence-corrected chi connectivity index (χ3v) is 3.32. The van der Waals surface area contributed by atoms with Crippen LogP contribution in [0, 0.1) is 5.92 Å². The van der Waals surface area contributed by atoms with E-state index >= 15 is 0 Å². The zero-order valence-electron chi connectivity index (χ0n) is 10.5. The van der Waals surface area contributed by atoms with Gasteiger partial charge in [-0.2, -0.15) is 5.10 Å². The predicted molar refractivity (Wildman–Crippen MR) is 72.3 cm³/mol. The second-order valence-electron chi connectivity index (χ2n) is 4.73. The van der Waals surface area contributed by atoms with Gasteiger partial charge >= 0.3 is 0 Å². The molecule has 3 rings (SSSR count). The Morgan fingerprint density at radius 2 is 2.16 bits per heavy atom. The Kier molecular flexibility index (Phi) is 3.29. The summed E-state index contributed by atoms with van der Waals surface area (Å²) in [5.74, 6) is 0.561. The van der Waals surface area contributed by atoms with Gasteiger partial charge in [0.1, 0.15) is 0 Å². The van der Waals surface area contributed by atoms with Crippen LogP contribution in [0.3, 0.4) is 0 Å². The fourth-order valence-corrected chi connectivity index (χ4v) is 2.02. The van der Waals surface area contributed by atoms with E-state index in [1.54, 1.807) is 10.9 Å². The molecule has 1 amide bonds. The number of carbonyl (C=O) groups is 1. The Labute approximate surface area is 111 Å². The Morgan fingerprint density at radius 1 is 1.37 bits per heavy atom. The quantitative estimate of drug-likeness (QED) is 0.851. The summed E-state index contributed by atoms with van der Waals surface area (Å²) in [5, 5.41) is 10.3. The number of benzene rings is 1. The lowest BCUT2D eigenvalue weighted by Crippen LogP contribution is -2.48. The molecule has 2 aromatic rings. The summed E-state index contributed by atoms with van der Waals surface area (Å²) in [6.07, 6.45) is 3.60. The summed E-state index contributed by atoms with van der Waals surface area (Å²) in [6, 6.07) is 9.31. The van der Waals surface area contributed by atoms with Crippen molar-refractivity contribution in [1.29, 1.82) is 0 Å². The topological polar surface area (TPSA) is 59.0 Å². The largest absolute Gasteiger partial charge is 0.352 e. The van der Waals surface area contributed by atoms with Crippen LogP contribution in [0.5, 0.6) is 0 Å². The van der Waals surface area contributed by atoms with Crippen molar-refractivity contribution >= 4 is 5.91 Å². The molecule has 5 heteroatoms. The van der Waals surface area contributed by atoms with E-state index in [9.17, 15) is 4.79 Å². The molecule has 1 aromatic heterocycles. The number of nitrogens with one attached hydrogen (secondary N) is 2. The van der Waals surface area contributed by atoms with E-state index in [0.717, 1.165) is 25.3 Å². The number of hydrogen-bond donors (Lipinski definition) is 2. The lowest BCUT2D eigenvalue weighted by Gasteiger charge is -2.27. The summed E-state index contributed by atoms with van der Waals surface area (Å²) < 4.78 is 1.77. The van der Waals surface area contributed by atoms with Gasteiger partial charge in [0.05, 0.1) is 5.69 Å². The van der Waals surface area contributed by atoms with Gasteiger partial charge in [-0.3, -0.25) is 4.79 Å². The van der Waals surface area contributed by atoms with Gasteiger partial charge in [-0.15, -0.1) is 0 Å². The molecule has 0 spiro atoms. The normalized spacial score (nSPS) is 14.9. The molecular formula is C14H16N4O. The third-order valence-electron chi connectivity index (χ3n) is 3.32. The third kappa shape index (κ3) is 2.66. The molecule has 1 aliphatic rings. The highest BCUT2D eigenvalue weighted by Crippen LogP contribution is 2.09. The van der Waals surface area contributed by atoms with Crippen LogP contribution in [-0.2, 0) is 0 Å².